The zero-order valence-electron chi connectivity index (χ0n) is 13.6. The van der Waals surface area contributed by atoms with E-state index in [4.69, 9.17) is 5.11 Å². The van der Waals surface area contributed by atoms with Gasteiger partial charge in [-0.15, -0.1) is 0 Å². The Morgan fingerprint density at radius 2 is 1.52 bits per heavy atom. The topological polar surface area (TPSA) is 78.4 Å². The number of carbonyl (C=O) groups is 2. The summed E-state index contributed by atoms with van der Waals surface area (Å²) in [5.74, 6) is -1.22. The molecule has 1 atom stereocenters. The van der Waals surface area contributed by atoms with E-state index in [0.29, 0.717) is 13.0 Å². The van der Waals surface area contributed by atoms with Gasteiger partial charge in [-0.2, -0.15) is 0 Å². The average molecular weight is 300 g/mol. The van der Waals surface area contributed by atoms with E-state index in [0.717, 1.165) is 13.0 Å². The summed E-state index contributed by atoms with van der Waals surface area (Å²) in [5, 5.41) is 14.3. The van der Waals surface area contributed by atoms with Crippen molar-refractivity contribution in [3.05, 3.63) is 0 Å². The maximum Gasteiger partial charge on any atom is 0.325 e. The highest BCUT2D eigenvalue weighted by molar-refractivity contribution is 5.83. The van der Waals surface area contributed by atoms with E-state index < -0.39 is 12.0 Å². The Morgan fingerprint density at radius 1 is 0.952 bits per heavy atom. The summed E-state index contributed by atoms with van der Waals surface area (Å²) in [6.07, 6.45) is 10.7. The molecule has 1 amide bonds. The van der Waals surface area contributed by atoms with Crippen molar-refractivity contribution < 1.29 is 14.7 Å². The lowest BCUT2D eigenvalue weighted by molar-refractivity contribution is -0.141. The molecule has 0 saturated heterocycles. The quantitative estimate of drug-likeness (QED) is 0.431. The molecule has 0 fully saturated rings. The minimum Gasteiger partial charge on any atom is -0.480 e. The van der Waals surface area contributed by atoms with Gasteiger partial charge in [-0.3, -0.25) is 9.59 Å². The van der Waals surface area contributed by atoms with Gasteiger partial charge in [0.25, 0.3) is 0 Å². The number of unbranched alkanes of at least 4 members (excludes halogenated alkanes) is 7. The molecule has 0 saturated carbocycles. The third-order valence-electron chi connectivity index (χ3n) is 3.48. The molecule has 0 bridgehead atoms. The molecule has 0 unspecified atom stereocenters. The summed E-state index contributed by atoms with van der Waals surface area (Å²) < 4.78 is 0. The smallest absolute Gasteiger partial charge is 0.325 e. The number of rotatable bonds is 14. The van der Waals surface area contributed by atoms with Crippen molar-refractivity contribution in [1.82, 2.24) is 10.6 Å². The summed E-state index contributed by atoms with van der Waals surface area (Å²) >= 11 is 0. The summed E-state index contributed by atoms with van der Waals surface area (Å²) in [7, 11) is 0. The lowest BCUT2D eigenvalue weighted by Crippen LogP contribution is -2.39. The van der Waals surface area contributed by atoms with Gasteiger partial charge in [0.2, 0.25) is 5.91 Å². The fourth-order valence-electron chi connectivity index (χ4n) is 2.09. The molecule has 0 aromatic rings. The molecule has 0 aliphatic rings. The van der Waals surface area contributed by atoms with Crippen LogP contribution in [0.2, 0.25) is 0 Å². The Kier molecular flexibility index (Phi) is 13.1. The Labute approximate surface area is 128 Å². The largest absolute Gasteiger partial charge is 0.480 e. The van der Waals surface area contributed by atoms with E-state index in [1.165, 1.54) is 51.9 Å². The molecule has 124 valence electrons. The molecule has 0 rings (SSSR count). The molecule has 21 heavy (non-hydrogen) atoms. The van der Waals surface area contributed by atoms with Gasteiger partial charge in [-0.25, -0.2) is 0 Å². The third kappa shape index (κ3) is 13.6. The van der Waals surface area contributed by atoms with Crippen LogP contribution in [0.15, 0.2) is 0 Å². The second-order valence-electron chi connectivity index (χ2n) is 5.60. The van der Waals surface area contributed by atoms with Gasteiger partial charge in [0, 0.05) is 13.0 Å². The van der Waals surface area contributed by atoms with Crippen molar-refractivity contribution in [2.75, 3.05) is 13.1 Å². The van der Waals surface area contributed by atoms with Crippen LogP contribution in [0.25, 0.3) is 0 Å². The Bertz CT molecular complexity index is 283. The minimum atomic E-state index is -1.00. The first-order chi connectivity index (χ1) is 10.1. The number of aliphatic carboxylic acids is 1. The first-order valence-corrected chi connectivity index (χ1v) is 8.30. The molecule has 0 aliphatic carbocycles. The zero-order chi connectivity index (χ0) is 15.9. The van der Waals surface area contributed by atoms with Crippen LogP contribution in [-0.4, -0.2) is 36.1 Å². The van der Waals surface area contributed by atoms with Crippen molar-refractivity contribution in [3.8, 4) is 0 Å². The van der Waals surface area contributed by atoms with Crippen molar-refractivity contribution in [2.45, 2.75) is 77.7 Å². The normalized spacial score (nSPS) is 12.1. The summed E-state index contributed by atoms with van der Waals surface area (Å²) in [6, 6.07) is -0.815. The monoisotopic (exact) mass is 300 g/mol. The fourth-order valence-corrected chi connectivity index (χ4v) is 2.09. The van der Waals surface area contributed by atoms with E-state index in [2.05, 4.69) is 17.6 Å². The lowest BCUT2D eigenvalue weighted by Gasteiger charge is -2.09. The van der Waals surface area contributed by atoms with Crippen LogP contribution in [0.5, 0.6) is 0 Å². The molecule has 0 radical (unpaired) electrons. The third-order valence-corrected chi connectivity index (χ3v) is 3.48. The molecular formula is C16H32N2O3. The molecule has 0 spiro atoms. The van der Waals surface area contributed by atoms with Crippen LogP contribution >= 0.6 is 0 Å². The highest BCUT2D eigenvalue weighted by atomic mass is 16.4. The molecule has 5 heteroatoms. The average Bonchev–Trinajstić information content (AvgIpc) is 2.44. The number of hydrogen-bond donors (Lipinski definition) is 3. The summed E-state index contributed by atoms with van der Waals surface area (Å²) in [4.78, 5) is 22.0. The maximum absolute atomic E-state index is 11.4. The second kappa shape index (κ2) is 13.9. The fraction of sp³-hybridized carbons (Fsp3) is 0.875. The summed E-state index contributed by atoms with van der Waals surface area (Å²) in [5.41, 5.74) is 0. The van der Waals surface area contributed by atoms with Gasteiger partial charge in [0.1, 0.15) is 6.04 Å². The summed E-state index contributed by atoms with van der Waals surface area (Å²) in [6.45, 7) is 5.23. The predicted molar refractivity (Wildman–Crippen MR) is 85.3 cm³/mol. The van der Waals surface area contributed by atoms with Gasteiger partial charge >= 0.3 is 5.97 Å². The number of nitrogens with one attached hydrogen (secondary N) is 2. The van der Waals surface area contributed by atoms with Crippen molar-refractivity contribution in [3.63, 3.8) is 0 Å². The molecule has 0 heterocycles. The van der Waals surface area contributed by atoms with Crippen LogP contribution < -0.4 is 10.6 Å². The van der Waals surface area contributed by atoms with Gasteiger partial charge < -0.3 is 15.7 Å². The molecule has 0 aromatic heterocycles. The minimum absolute atomic E-state index is 0.215. The van der Waals surface area contributed by atoms with Crippen LogP contribution in [0.4, 0.5) is 0 Å². The van der Waals surface area contributed by atoms with E-state index in [1.807, 2.05) is 0 Å². The van der Waals surface area contributed by atoms with Crippen LogP contribution in [0.1, 0.15) is 71.6 Å². The van der Waals surface area contributed by atoms with Crippen LogP contribution in [0, 0.1) is 0 Å². The molecule has 3 N–H and O–H groups in total. The van der Waals surface area contributed by atoms with E-state index in [9.17, 15) is 9.59 Å². The van der Waals surface area contributed by atoms with Gasteiger partial charge in [0.15, 0.2) is 0 Å². The van der Waals surface area contributed by atoms with Crippen molar-refractivity contribution in [2.24, 2.45) is 0 Å². The first-order valence-electron chi connectivity index (χ1n) is 8.30. The van der Waals surface area contributed by atoms with Crippen molar-refractivity contribution >= 4 is 11.9 Å². The molecule has 5 nitrogen and oxygen atoms in total. The standard InChI is InChI=1S/C16H32N2O3/c1-3-4-5-6-7-8-9-10-12-17-13-11-15(19)18-14(2)16(20)21/h14,17H,3-13H2,1-2H3,(H,18,19)(H,20,21)/t14-/m0/s1. The predicted octanol–water partition coefficient (Wildman–Crippen LogP) is 2.70. The lowest BCUT2D eigenvalue weighted by atomic mass is 10.1. The highest BCUT2D eigenvalue weighted by Crippen LogP contribution is 2.07. The van der Waals surface area contributed by atoms with E-state index in [1.54, 1.807) is 0 Å². The van der Waals surface area contributed by atoms with Crippen LogP contribution in [-0.2, 0) is 9.59 Å². The van der Waals surface area contributed by atoms with Gasteiger partial charge in [0.05, 0.1) is 0 Å². The van der Waals surface area contributed by atoms with E-state index in [-0.39, 0.29) is 5.91 Å². The molecule has 0 aromatic carbocycles. The highest BCUT2D eigenvalue weighted by Gasteiger charge is 2.12. The molecular weight excluding hydrogens is 268 g/mol. The SMILES string of the molecule is CCCCCCCCCCNCCC(=O)N[C@@H](C)C(=O)O. The molecule has 0 aliphatic heterocycles. The van der Waals surface area contributed by atoms with Crippen molar-refractivity contribution in [1.29, 1.82) is 0 Å². The maximum atomic E-state index is 11.4. The number of carboxylic acid groups (broad SMARTS) is 1. The van der Waals surface area contributed by atoms with E-state index >= 15 is 0 Å². The van der Waals surface area contributed by atoms with Crippen LogP contribution in [0.3, 0.4) is 0 Å². The first kappa shape index (κ1) is 19.9. The number of hydrogen-bond acceptors (Lipinski definition) is 3. The number of carbonyl (C=O) groups excluding carboxylic acids is 1. The van der Waals surface area contributed by atoms with Gasteiger partial charge in [-0.1, -0.05) is 51.9 Å². The number of amides is 1. The number of carboxylic acids is 1. The Balaban J connectivity index is 3.25. The Hall–Kier alpha value is -1.10. The van der Waals surface area contributed by atoms with Gasteiger partial charge in [-0.05, 0) is 19.9 Å². The second-order valence-corrected chi connectivity index (χ2v) is 5.60. The zero-order valence-corrected chi connectivity index (χ0v) is 13.6. The Morgan fingerprint density at radius 3 is 2.10 bits per heavy atom.